The van der Waals surface area contributed by atoms with Gasteiger partial charge >= 0.3 is 0 Å². The molecule has 2 saturated heterocycles. The number of nitrogens with zero attached hydrogens (tertiary/aromatic N) is 3. The third-order valence-electron chi connectivity index (χ3n) is 6.26. The average molecular weight is 468 g/mol. The van der Waals surface area contributed by atoms with Gasteiger partial charge in [0.05, 0.1) is 18.7 Å². The van der Waals surface area contributed by atoms with Gasteiger partial charge in [0.15, 0.2) is 0 Å². The van der Waals surface area contributed by atoms with E-state index in [1.54, 1.807) is 18.2 Å². The molecule has 2 aliphatic rings. The van der Waals surface area contributed by atoms with Gasteiger partial charge in [0.1, 0.15) is 11.9 Å². The number of aryl methyl sites for hydroxylation is 1. The van der Waals surface area contributed by atoms with Crippen molar-refractivity contribution in [1.82, 2.24) is 15.1 Å². The van der Waals surface area contributed by atoms with Crippen LogP contribution >= 0.6 is 0 Å². The highest BCUT2D eigenvalue weighted by molar-refractivity contribution is 5.97. The van der Waals surface area contributed by atoms with E-state index < -0.39 is 6.04 Å². The van der Waals surface area contributed by atoms with Crippen molar-refractivity contribution in [2.45, 2.75) is 19.4 Å². The van der Waals surface area contributed by atoms with Gasteiger partial charge in [-0.05, 0) is 36.8 Å². The number of amides is 3. The van der Waals surface area contributed by atoms with Crippen LogP contribution in [-0.4, -0.2) is 79.4 Å². The molecule has 2 aromatic rings. The first-order chi connectivity index (χ1) is 16.4. The fourth-order valence-electron chi connectivity index (χ4n) is 4.46. The van der Waals surface area contributed by atoms with Crippen LogP contribution in [0.1, 0.15) is 12.0 Å². The first-order valence-corrected chi connectivity index (χ1v) is 11.6. The molecule has 0 radical (unpaired) electrons. The van der Waals surface area contributed by atoms with E-state index in [1.165, 1.54) is 11.0 Å². The predicted octanol–water partition coefficient (Wildman–Crippen LogP) is 1.61. The molecular weight excluding hydrogens is 437 g/mol. The molecule has 34 heavy (non-hydrogen) atoms. The number of nitrogens with one attached hydrogen (secondary N) is 2. The SMILES string of the molecule is Cc1cccc(NC(=O)C[C@@H]2C(=O)NCCN2C(=O)CN2CCN(c3ccccc3F)CC2)c1. The van der Waals surface area contributed by atoms with E-state index in [-0.39, 0.29) is 36.5 Å². The molecule has 180 valence electrons. The summed E-state index contributed by atoms with van der Waals surface area (Å²) in [5.41, 5.74) is 2.24. The summed E-state index contributed by atoms with van der Waals surface area (Å²) in [6.45, 7) is 5.25. The van der Waals surface area contributed by atoms with E-state index in [1.807, 2.05) is 41.0 Å². The molecule has 1 atom stereocenters. The number of hydrogen-bond acceptors (Lipinski definition) is 5. The van der Waals surface area contributed by atoms with Crippen molar-refractivity contribution in [2.75, 3.05) is 56.0 Å². The predicted molar refractivity (Wildman–Crippen MR) is 128 cm³/mol. The van der Waals surface area contributed by atoms with E-state index in [2.05, 4.69) is 10.6 Å². The van der Waals surface area contributed by atoms with E-state index in [0.29, 0.717) is 50.6 Å². The highest BCUT2D eigenvalue weighted by Crippen LogP contribution is 2.20. The Kier molecular flexibility index (Phi) is 7.42. The quantitative estimate of drug-likeness (QED) is 0.675. The van der Waals surface area contributed by atoms with Crippen LogP contribution in [0.3, 0.4) is 0 Å². The van der Waals surface area contributed by atoms with Gasteiger partial charge in [0, 0.05) is 45.0 Å². The van der Waals surface area contributed by atoms with Crippen molar-refractivity contribution in [2.24, 2.45) is 0 Å². The number of anilines is 2. The van der Waals surface area contributed by atoms with E-state index >= 15 is 0 Å². The number of piperazine rings is 2. The molecule has 0 unspecified atom stereocenters. The van der Waals surface area contributed by atoms with E-state index in [4.69, 9.17) is 0 Å². The first kappa shape index (κ1) is 23.7. The number of para-hydroxylation sites is 1. The topological polar surface area (TPSA) is 85.0 Å². The summed E-state index contributed by atoms with van der Waals surface area (Å²) in [4.78, 5) is 43.8. The molecule has 2 aromatic carbocycles. The molecule has 2 N–H and O–H groups in total. The molecule has 2 aliphatic heterocycles. The number of carbonyl (C=O) groups is 3. The minimum absolute atomic E-state index is 0.105. The van der Waals surface area contributed by atoms with E-state index in [9.17, 15) is 18.8 Å². The molecule has 9 heteroatoms. The van der Waals surface area contributed by atoms with Gasteiger partial charge in [-0.15, -0.1) is 0 Å². The molecule has 0 spiro atoms. The number of carbonyl (C=O) groups excluding carboxylic acids is 3. The third kappa shape index (κ3) is 5.72. The van der Waals surface area contributed by atoms with Gasteiger partial charge < -0.3 is 20.4 Å². The monoisotopic (exact) mass is 467 g/mol. The summed E-state index contributed by atoms with van der Waals surface area (Å²) in [6, 6.07) is 13.3. The maximum atomic E-state index is 14.1. The lowest BCUT2D eigenvalue weighted by Crippen LogP contribution is -2.60. The fraction of sp³-hybridized carbons (Fsp3) is 0.400. The Morgan fingerprint density at radius 2 is 1.82 bits per heavy atom. The van der Waals surface area contributed by atoms with Crippen LogP contribution < -0.4 is 15.5 Å². The van der Waals surface area contributed by atoms with Crippen molar-refractivity contribution in [1.29, 1.82) is 0 Å². The Bertz CT molecular complexity index is 1050. The fourth-order valence-corrected chi connectivity index (χ4v) is 4.46. The Balaban J connectivity index is 1.33. The summed E-state index contributed by atoms with van der Waals surface area (Å²) in [6.07, 6.45) is -0.105. The second-order valence-corrected chi connectivity index (χ2v) is 8.73. The van der Waals surface area contributed by atoms with Gasteiger partial charge in [-0.2, -0.15) is 0 Å². The second-order valence-electron chi connectivity index (χ2n) is 8.73. The van der Waals surface area contributed by atoms with Crippen LogP contribution in [-0.2, 0) is 14.4 Å². The number of halogens is 1. The van der Waals surface area contributed by atoms with Crippen molar-refractivity contribution in [3.8, 4) is 0 Å². The lowest BCUT2D eigenvalue weighted by molar-refractivity contribution is -0.145. The van der Waals surface area contributed by atoms with Gasteiger partial charge in [-0.3, -0.25) is 19.3 Å². The Morgan fingerprint density at radius 3 is 2.56 bits per heavy atom. The van der Waals surface area contributed by atoms with Crippen molar-refractivity contribution < 1.29 is 18.8 Å². The zero-order valence-corrected chi connectivity index (χ0v) is 19.3. The number of rotatable bonds is 6. The van der Waals surface area contributed by atoms with Crippen LogP contribution in [0.4, 0.5) is 15.8 Å². The number of benzene rings is 2. The van der Waals surface area contributed by atoms with Crippen LogP contribution in [0.5, 0.6) is 0 Å². The molecular formula is C25H30FN5O3. The Hall–Kier alpha value is -3.46. The summed E-state index contributed by atoms with van der Waals surface area (Å²) in [5.74, 6) is -1.06. The van der Waals surface area contributed by atoms with Gasteiger partial charge in [0.2, 0.25) is 17.7 Å². The Labute approximate surface area is 198 Å². The molecule has 0 aromatic heterocycles. The van der Waals surface area contributed by atoms with Crippen molar-refractivity contribution in [3.63, 3.8) is 0 Å². The molecule has 0 bridgehead atoms. The molecule has 0 aliphatic carbocycles. The van der Waals surface area contributed by atoms with Crippen LogP contribution in [0, 0.1) is 12.7 Å². The summed E-state index contributed by atoms with van der Waals surface area (Å²) in [7, 11) is 0. The second kappa shape index (κ2) is 10.6. The summed E-state index contributed by atoms with van der Waals surface area (Å²) < 4.78 is 14.1. The third-order valence-corrected chi connectivity index (χ3v) is 6.26. The smallest absolute Gasteiger partial charge is 0.243 e. The highest BCUT2D eigenvalue weighted by Gasteiger charge is 2.35. The minimum Gasteiger partial charge on any atom is -0.367 e. The van der Waals surface area contributed by atoms with E-state index in [0.717, 1.165) is 5.56 Å². The normalized spacial score (nSPS) is 19.0. The summed E-state index contributed by atoms with van der Waals surface area (Å²) in [5, 5.41) is 5.57. The molecule has 2 fully saturated rings. The highest BCUT2D eigenvalue weighted by atomic mass is 19.1. The van der Waals surface area contributed by atoms with Gasteiger partial charge in [-0.25, -0.2) is 4.39 Å². The molecule has 0 saturated carbocycles. The maximum absolute atomic E-state index is 14.1. The van der Waals surface area contributed by atoms with Crippen LogP contribution in [0.25, 0.3) is 0 Å². The molecule has 8 nitrogen and oxygen atoms in total. The zero-order chi connectivity index (χ0) is 24.1. The van der Waals surface area contributed by atoms with Crippen LogP contribution in [0.2, 0.25) is 0 Å². The van der Waals surface area contributed by atoms with Crippen molar-refractivity contribution in [3.05, 3.63) is 59.9 Å². The average Bonchev–Trinajstić information content (AvgIpc) is 2.81. The molecule has 4 rings (SSSR count). The largest absolute Gasteiger partial charge is 0.367 e. The zero-order valence-electron chi connectivity index (χ0n) is 19.3. The molecule has 2 heterocycles. The van der Waals surface area contributed by atoms with Crippen molar-refractivity contribution >= 4 is 29.1 Å². The summed E-state index contributed by atoms with van der Waals surface area (Å²) >= 11 is 0. The maximum Gasteiger partial charge on any atom is 0.243 e. The molecule has 3 amide bonds. The van der Waals surface area contributed by atoms with Gasteiger partial charge in [0.25, 0.3) is 0 Å². The Morgan fingerprint density at radius 1 is 1.06 bits per heavy atom. The van der Waals surface area contributed by atoms with Crippen LogP contribution in [0.15, 0.2) is 48.5 Å². The number of hydrogen-bond donors (Lipinski definition) is 2. The lowest BCUT2D eigenvalue weighted by atomic mass is 10.1. The van der Waals surface area contributed by atoms with Gasteiger partial charge in [-0.1, -0.05) is 24.3 Å². The standard InChI is InChI=1S/C25H30FN5O3/c1-18-5-4-6-19(15-18)28-23(32)16-22-25(34)27-9-10-31(22)24(33)17-29-11-13-30(14-12-29)21-8-3-2-7-20(21)26/h2-8,15,22H,9-14,16-17H2,1H3,(H,27,34)(H,28,32)/t22-/m1/s1. The minimum atomic E-state index is -0.842. The first-order valence-electron chi connectivity index (χ1n) is 11.6. The lowest BCUT2D eigenvalue weighted by Gasteiger charge is -2.39.